The van der Waals surface area contributed by atoms with Crippen molar-refractivity contribution in [2.45, 2.75) is 6.92 Å². The molecule has 0 aliphatic carbocycles. The van der Waals surface area contributed by atoms with Gasteiger partial charge in [-0.2, -0.15) is 0 Å². The van der Waals surface area contributed by atoms with Gasteiger partial charge >= 0.3 is 29.5 Å². The Morgan fingerprint density at radius 1 is 0.812 bits per heavy atom. The van der Waals surface area contributed by atoms with E-state index in [4.69, 9.17) is 14.5 Å². The first kappa shape index (κ1) is 14.5. The van der Waals surface area contributed by atoms with E-state index < -0.39 is 29.5 Å². The van der Waals surface area contributed by atoms with Gasteiger partial charge in [-0.15, -0.1) is 0 Å². The molecule has 0 aromatic heterocycles. The maximum atomic E-state index is 5.81. The molecule has 1 aliphatic rings. The molecule has 6 nitrogen and oxygen atoms in total. The van der Waals surface area contributed by atoms with Crippen LogP contribution < -0.4 is 0 Å². The van der Waals surface area contributed by atoms with Crippen molar-refractivity contribution in [3.05, 3.63) is 0 Å². The first-order valence-corrected chi connectivity index (χ1v) is 9.38. The average molecular weight is 285 g/mol. The highest BCUT2D eigenvalue weighted by molar-refractivity contribution is 6.46. The van der Waals surface area contributed by atoms with Crippen molar-refractivity contribution < 1.29 is 26.4 Å². The van der Waals surface area contributed by atoms with Gasteiger partial charge in [-0.05, 0) is 6.92 Å². The second-order valence-corrected chi connectivity index (χ2v) is 16.1. The highest BCUT2D eigenvalue weighted by Gasteiger charge is 2.59. The third kappa shape index (κ3) is 2.80. The van der Waals surface area contributed by atoms with Crippen LogP contribution in [0.3, 0.4) is 0 Å². The van der Waals surface area contributed by atoms with Gasteiger partial charge in [0.1, 0.15) is 0 Å². The predicted molar refractivity (Wildman–Crippen MR) is 69.8 cm³/mol. The zero-order chi connectivity index (χ0) is 12.4. The van der Waals surface area contributed by atoms with Crippen LogP contribution in [0.15, 0.2) is 0 Å². The van der Waals surface area contributed by atoms with Crippen molar-refractivity contribution in [1.29, 1.82) is 0 Å². The quantitative estimate of drug-likeness (QED) is 0.531. The normalized spacial score (nSPS) is 49.1. The minimum absolute atomic E-state index is 0.486. The Morgan fingerprint density at radius 3 is 1.50 bits per heavy atom. The van der Waals surface area contributed by atoms with Crippen molar-refractivity contribution in [2.75, 3.05) is 42.0 Å². The molecule has 1 aliphatic heterocycles. The van der Waals surface area contributed by atoms with Crippen LogP contribution in [-0.4, -0.2) is 83.4 Å². The molecular formula is C7H26N3O3Si3+3. The van der Waals surface area contributed by atoms with Gasteiger partial charge in [0, 0.05) is 0 Å². The van der Waals surface area contributed by atoms with Gasteiger partial charge in [0.2, 0.25) is 0 Å². The molecule has 0 aromatic carbocycles. The molecule has 0 saturated carbocycles. The highest BCUT2D eigenvalue weighted by Crippen LogP contribution is 2.21. The van der Waals surface area contributed by atoms with E-state index in [2.05, 4.69) is 21.0 Å². The zero-order valence-electron chi connectivity index (χ0n) is 11.4. The number of nitrogens with zero attached hydrogens (tertiary/aromatic N) is 3. The summed E-state index contributed by atoms with van der Waals surface area (Å²) in [5.41, 5.74) is 0. The second kappa shape index (κ2) is 4.96. The molecule has 0 N–H and O–H groups in total. The number of rotatable bonds is 4. The zero-order valence-corrected chi connectivity index (χ0v) is 15.6. The smallest absolute Gasteiger partial charge is 0.236 e. The summed E-state index contributed by atoms with van der Waals surface area (Å²) in [5, 5.41) is 0. The second-order valence-electron chi connectivity index (χ2n) is 4.94. The van der Waals surface area contributed by atoms with Crippen molar-refractivity contribution in [3.63, 3.8) is 0 Å². The topological polar surface area (TPSA) is 27.7 Å². The minimum Gasteiger partial charge on any atom is -0.236 e. The Kier molecular flexibility index (Phi) is 4.48. The number of hydrogen-bond acceptors (Lipinski definition) is 3. The lowest BCUT2D eigenvalue weighted by Crippen LogP contribution is -2.81. The summed E-state index contributed by atoms with van der Waals surface area (Å²) in [6, 6.07) is 0. The van der Waals surface area contributed by atoms with Crippen LogP contribution in [0.4, 0.5) is 0 Å². The summed E-state index contributed by atoms with van der Waals surface area (Å²) in [4.78, 5) is 17.3. The third-order valence-electron chi connectivity index (χ3n) is 3.56. The number of hydrogen-bond donors (Lipinski definition) is 0. The summed E-state index contributed by atoms with van der Waals surface area (Å²) in [6.07, 6.45) is 0. The monoisotopic (exact) mass is 284 g/mol. The molecule has 0 spiro atoms. The molecule has 1 heterocycles. The largest absolute Gasteiger partial charge is 0.530 e. The Labute approximate surface area is 105 Å². The lowest BCUT2D eigenvalue weighted by Gasteiger charge is -2.49. The first-order valence-electron chi connectivity index (χ1n) is 5.59. The molecule has 96 valence electrons. The maximum absolute atomic E-state index is 5.81. The van der Waals surface area contributed by atoms with Gasteiger partial charge in [0.05, 0.1) is 42.0 Å². The summed E-state index contributed by atoms with van der Waals surface area (Å²) in [5.74, 6) is 0. The third-order valence-corrected chi connectivity index (χ3v) is 13.0. The van der Waals surface area contributed by atoms with E-state index in [1.807, 2.05) is 21.3 Å². The highest BCUT2D eigenvalue weighted by atomic mass is 28.4. The molecule has 0 bridgehead atoms. The number of quaternary nitrogens is 3. The van der Waals surface area contributed by atoms with E-state index in [1.165, 1.54) is 0 Å². The van der Waals surface area contributed by atoms with E-state index in [0.29, 0.717) is 0 Å². The molecule has 1 saturated heterocycles. The van der Waals surface area contributed by atoms with E-state index >= 15 is 0 Å². The SMILES string of the molecule is CC[N+]1(OC)[SiH2][N+](C)(OC)[SiH2][N+](C)(OC)[SiH2]1. The van der Waals surface area contributed by atoms with E-state index in [-0.39, 0.29) is 0 Å². The maximum Gasteiger partial charge on any atom is 0.530 e. The fourth-order valence-electron chi connectivity index (χ4n) is 2.53. The lowest BCUT2D eigenvalue weighted by atomic mass is 10.8. The van der Waals surface area contributed by atoms with E-state index in [9.17, 15) is 0 Å². The predicted octanol–water partition coefficient (Wildman–Crippen LogP) is -2.59. The molecular weight excluding hydrogens is 258 g/mol. The molecule has 0 radical (unpaired) electrons. The van der Waals surface area contributed by atoms with Crippen LogP contribution in [0.1, 0.15) is 6.92 Å². The van der Waals surface area contributed by atoms with Crippen LogP contribution >= 0.6 is 0 Å². The van der Waals surface area contributed by atoms with Gasteiger partial charge in [0.15, 0.2) is 0 Å². The average Bonchev–Trinajstić information content (AvgIpc) is 2.28. The van der Waals surface area contributed by atoms with Crippen molar-refractivity contribution in [2.24, 2.45) is 0 Å². The van der Waals surface area contributed by atoms with E-state index in [0.717, 1.165) is 18.5 Å². The summed E-state index contributed by atoms with van der Waals surface area (Å²) in [6.45, 7) is 3.24. The van der Waals surface area contributed by atoms with Crippen molar-refractivity contribution in [3.8, 4) is 0 Å². The van der Waals surface area contributed by atoms with Gasteiger partial charge < -0.3 is 0 Å². The summed E-state index contributed by atoms with van der Waals surface area (Å²) in [7, 11) is 8.39. The molecule has 1 rings (SSSR count). The Morgan fingerprint density at radius 2 is 1.25 bits per heavy atom. The van der Waals surface area contributed by atoms with Crippen LogP contribution in [0.2, 0.25) is 0 Å². The minimum atomic E-state index is -0.487. The van der Waals surface area contributed by atoms with Crippen LogP contribution in [-0.2, 0) is 14.5 Å². The van der Waals surface area contributed by atoms with Gasteiger partial charge in [0.25, 0.3) is 0 Å². The van der Waals surface area contributed by atoms with Crippen molar-refractivity contribution >= 4 is 29.5 Å². The van der Waals surface area contributed by atoms with Gasteiger partial charge in [-0.1, -0.05) is 0 Å². The Balaban J connectivity index is 2.99. The molecule has 2 unspecified atom stereocenters. The molecule has 1 fully saturated rings. The van der Waals surface area contributed by atoms with Crippen molar-refractivity contribution in [1.82, 2.24) is 0 Å². The molecule has 0 aromatic rings. The standard InChI is InChI=1S/C7H26N3O3Si3/c1-7-10(13-6)15-8(2,11-4)14-9(3,12-5)16-10/h7,14-16H2,1-6H3/q+3. The fraction of sp³-hybridized carbons (Fsp3) is 1.00. The van der Waals surface area contributed by atoms with Crippen LogP contribution in [0, 0.1) is 0 Å². The molecule has 16 heavy (non-hydrogen) atoms. The molecule has 0 amide bonds. The molecule has 9 heteroatoms. The first-order chi connectivity index (χ1) is 7.36. The summed E-state index contributed by atoms with van der Waals surface area (Å²) >= 11 is 0. The Bertz CT molecular complexity index is 236. The number of hydroxylamine groups is 3. The fourth-order valence-corrected chi connectivity index (χ4v) is 18.0. The van der Waals surface area contributed by atoms with Gasteiger partial charge in [-0.3, -0.25) is 0 Å². The molecule has 2 atom stereocenters. The lowest BCUT2D eigenvalue weighted by molar-refractivity contribution is -1.11. The van der Waals surface area contributed by atoms with Gasteiger partial charge in [-0.25, -0.2) is 26.4 Å². The summed E-state index contributed by atoms with van der Waals surface area (Å²) < 4.78 is 2.43. The van der Waals surface area contributed by atoms with Crippen LogP contribution in [0.25, 0.3) is 0 Å². The Hall–Kier alpha value is 0.411. The van der Waals surface area contributed by atoms with Crippen LogP contribution in [0.5, 0.6) is 0 Å². The van der Waals surface area contributed by atoms with E-state index in [1.54, 1.807) is 0 Å².